The molecule has 0 fully saturated rings. The number of anilines is 2. The number of hydrogen-bond donors (Lipinski definition) is 2. The van der Waals surface area contributed by atoms with Crippen LogP contribution in [-0.2, 0) is 6.61 Å². The maximum absolute atomic E-state index is 12.3. The number of ether oxygens (including phenoxy) is 1. The molecular weight excluding hydrogens is 352 g/mol. The Kier molecular flexibility index (Phi) is 5.89. The summed E-state index contributed by atoms with van der Waals surface area (Å²) >= 11 is 0. The highest BCUT2D eigenvalue weighted by atomic mass is 16.5. The lowest BCUT2D eigenvalue weighted by atomic mass is 10.1. The Morgan fingerprint density at radius 3 is 2.39 bits per heavy atom. The Hall–Kier alpha value is -3.41. The summed E-state index contributed by atoms with van der Waals surface area (Å²) in [7, 11) is 0. The second-order valence-corrected chi connectivity index (χ2v) is 7.42. The fourth-order valence-corrected chi connectivity index (χ4v) is 2.48. The van der Waals surface area contributed by atoms with E-state index in [9.17, 15) is 4.79 Å². The van der Waals surface area contributed by atoms with E-state index in [1.54, 1.807) is 6.07 Å². The van der Waals surface area contributed by atoms with Crippen molar-refractivity contribution in [3.8, 4) is 5.75 Å². The van der Waals surface area contributed by atoms with Crippen LogP contribution in [0.1, 0.15) is 36.8 Å². The molecule has 0 unspecified atom stereocenters. The maximum Gasteiger partial charge on any atom is 0.270 e. The first-order chi connectivity index (χ1) is 13.4. The van der Waals surface area contributed by atoms with Gasteiger partial charge in [0.05, 0.1) is 0 Å². The number of aromatic nitrogens is 2. The third-order valence-electron chi connectivity index (χ3n) is 3.76. The van der Waals surface area contributed by atoms with Gasteiger partial charge in [-0.15, -0.1) is 0 Å². The van der Waals surface area contributed by atoms with Gasteiger partial charge in [-0.3, -0.25) is 4.79 Å². The van der Waals surface area contributed by atoms with Gasteiger partial charge >= 0.3 is 0 Å². The lowest BCUT2D eigenvalue weighted by molar-refractivity contribution is 0.0914. The van der Waals surface area contributed by atoms with Gasteiger partial charge in [0.2, 0.25) is 0 Å². The molecule has 0 radical (unpaired) electrons. The van der Waals surface area contributed by atoms with E-state index in [4.69, 9.17) is 4.74 Å². The van der Waals surface area contributed by atoms with E-state index in [0.717, 1.165) is 17.0 Å². The fraction of sp³-hybridized carbons (Fsp3) is 0.227. The number of amides is 1. The number of carbonyl (C=O) groups excluding carboxylic acids is 1. The SMILES string of the molecule is CC(C)(C)NC(=O)c1cc(Nc2ccc(OCc3ccccc3)cc2)ncn1. The molecule has 28 heavy (non-hydrogen) atoms. The van der Waals surface area contributed by atoms with Crippen molar-refractivity contribution in [3.05, 3.63) is 78.2 Å². The molecule has 6 nitrogen and oxygen atoms in total. The number of nitrogens with zero attached hydrogens (tertiary/aromatic N) is 2. The molecule has 0 aliphatic heterocycles. The van der Waals surface area contributed by atoms with E-state index in [-0.39, 0.29) is 11.4 Å². The average molecular weight is 376 g/mol. The predicted molar refractivity (Wildman–Crippen MR) is 110 cm³/mol. The molecule has 2 aromatic carbocycles. The zero-order valence-corrected chi connectivity index (χ0v) is 16.3. The summed E-state index contributed by atoms with van der Waals surface area (Å²) in [4.78, 5) is 20.5. The van der Waals surface area contributed by atoms with Crippen LogP contribution < -0.4 is 15.4 Å². The number of hydrogen-bond acceptors (Lipinski definition) is 5. The van der Waals surface area contributed by atoms with Gasteiger partial charge in [0.1, 0.15) is 30.2 Å². The molecule has 0 aliphatic carbocycles. The molecule has 0 spiro atoms. The van der Waals surface area contributed by atoms with Crippen molar-refractivity contribution in [2.45, 2.75) is 32.9 Å². The summed E-state index contributed by atoms with van der Waals surface area (Å²) in [6, 6.07) is 19.2. The lowest BCUT2D eigenvalue weighted by Gasteiger charge is -2.20. The van der Waals surface area contributed by atoms with Gasteiger partial charge < -0.3 is 15.4 Å². The molecule has 0 saturated carbocycles. The molecule has 1 amide bonds. The van der Waals surface area contributed by atoms with Crippen LogP contribution in [0, 0.1) is 0 Å². The van der Waals surface area contributed by atoms with Crippen LogP contribution in [0.25, 0.3) is 0 Å². The number of benzene rings is 2. The van der Waals surface area contributed by atoms with Gasteiger partial charge in [-0.05, 0) is 50.6 Å². The molecular formula is C22H24N4O2. The largest absolute Gasteiger partial charge is 0.489 e. The second kappa shape index (κ2) is 8.52. The smallest absolute Gasteiger partial charge is 0.270 e. The first-order valence-corrected chi connectivity index (χ1v) is 9.07. The van der Waals surface area contributed by atoms with Crippen molar-refractivity contribution in [2.24, 2.45) is 0 Å². The molecule has 0 atom stereocenters. The van der Waals surface area contributed by atoms with Crippen molar-refractivity contribution in [2.75, 3.05) is 5.32 Å². The van der Waals surface area contributed by atoms with Crippen LogP contribution in [-0.4, -0.2) is 21.4 Å². The summed E-state index contributed by atoms with van der Waals surface area (Å²) in [6.07, 6.45) is 1.37. The summed E-state index contributed by atoms with van der Waals surface area (Å²) in [6.45, 7) is 6.29. The Bertz CT molecular complexity index is 919. The summed E-state index contributed by atoms with van der Waals surface area (Å²) in [5.41, 5.74) is 1.94. The third kappa shape index (κ3) is 5.81. The molecule has 6 heteroatoms. The van der Waals surface area contributed by atoms with Crippen LogP contribution in [0.3, 0.4) is 0 Å². The highest BCUT2D eigenvalue weighted by Crippen LogP contribution is 2.20. The first kappa shape index (κ1) is 19.4. The summed E-state index contributed by atoms with van der Waals surface area (Å²) in [5, 5.41) is 6.06. The molecule has 144 valence electrons. The second-order valence-electron chi connectivity index (χ2n) is 7.42. The van der Waals surface area contributed by atoms with E-state index in [1.807, 2.05) is 75.4 Å². The van der Waals surface area contributed by atoms with Gasteiger partial charge in [-0.1, -0.05) is 30.3 Å². The van der Waals surface area contributed by atoms with Gasteiger partial charge in [0, 0.05) is 17.3 Å². The van der Waals surface area contributed by atoms with E-state index < -0.39 is 0 Å². The van der Waals surface area contributed by atoms with Crippen molar-refractivity contribution in [3.63, 3.8) is 0 Å². The fourth-order valence-electron chi connectivity index (χ4n) is 2.48. The predicted octanol–water partition coefficient (Wildman–Crippen LogP) is 4.33. The number of carbonyl (C=O) groups is 1. The highest BCUT2D eigenvalue weighted by molar-refractivity contribution is 5.93. The van der Waals surface area contributed by atoms with Crippen LogP contribution in [0.4, 0.5) is 11.5 Å². The molecule has 3 rings (SSSR count). The molecule has 1 heterocycles. The minimum absolute atomic E-state index is 0.234. The average Bonchev–Trinajstić information content (AvgIpc) is 2.67. The van der Waals surface area contributed by atoms with Crippen LogP contribution in [0.5, 0.6) is 5.75 Å². The molecule has 1 aromatic heterocycles. The highest BCUT2D eigenvalue weighted by Gasteiger charge is 2.16. The Labute approximate surface area is 165 Å². The van der Waals surface area contributed by atoms with Crippen molar-refractivity contribution in [1.29, 1.82) is 0 Å². The minimum atomic E-state index is -0.328. The zero-order valence-electron chi connectivity index (χ0n) is 16.3. The lowest BCUT2D eigenvalue weighted by Crippen LogP contribution is -2.40. The normalized spacial score (nSPS) is 11.0. The van der Waals surface area contributed by atoms with E-state index >= 15 is 0 Å². The monoisotopic (exact) mass is 376 g/mol. The Morgan fingerprint density at radius 2 is 1.71 bits per heavy atom. The summed E-state index contributed by atoms with van der Waals surface area (Å²) < 4.78 is 5.79. The summed E-state index contributed by atoms with van der Waals surface area (Å²) in [5.74, 6) is 1.09. The molecule has 0 saturated heterocycles. The van der Waals surface area contributed by atoms with Gasteiger partial charge in [-0.2, -0.15) is 0 Å². The third-order valence-corrected chi connectivity index (χ3v) is 3.76. The molecule has 3 aromatic rings. The number of nitrogens with one attached hydrogen (secondary N) is 2. The Morgan fingerprint density at radius 1 is 1.00 bits per heavy atom. The van der Waals surface area contributed by atoms with E-state index in [1.165, 1.54) is 6.33 Å². The quantitative estimate of drug-likeness (QED) is 0.670. The van der Waals surface area contributed by atoms with Crippen molar-refractivity contribution in [1.82, 2.24) is 15.3 Å². The molecule has 0 bridgehead atoms. The van der Waals surface area contributed by atoms with E-state index in [0.29, 0.717) is 18.1 Å². The van der Waals surface area contributed by atoms with Gasteiger partial charge in [-0.25, -0.2) is 9.97 Å². The van der Waals surface area contributed by atoms with Gasteiger partial charge in [0.25, 0.3) is 5.91 Å². The van der Waals surface area contributed by atoms with Crippen molar-refractivity contribution >= 4 is 17.4 Å². The van der Waals surface area contributed by atoms with Crippen LogP contribution in [0.2, 0.25) is 0 Å². The minimum Gasteiger partial charge on any atom is -0.489 e. The van der Waals surface area contributed by atoms with Crippen LogP contribution in [0.15, 0.2) is 67.0 Å². The van der Waals surface area contributed by atoms with E-state index in [2.05, 4.69) is 20.6 Å². The topological polar surface area (TPSA) is 76.1 Å². The van der Waals surface area contributed by atoms with Crippen LogP contribution >= 0.6 is 0 Å². The maximum atomic E-state index is 12.3. The Balaban J connectivity index is 1.61. The number of rotatable bonds is 6. The zero-order chi connectivity index (χ0) is 20.0. The van der Waals surface area contributed by atoms with Crippen molar-refractivity contribution < 1.29 is 9.53 Å². The van der Waals surface area contributed by atoms with Gasteiger partial charge in [0.15, 0.2) is 0 Å². The standard InChI is InChI=1S/C22H24N4O2/c1-22(2,3)26-21(27)19-13-20(24-15-23-19)25-17-9-11-18(12-10-17)28-14-16-7-5-4-6-8-16/h4-13,15H,14H2,1-3H3,(H,26,27)(H,23,24,25). The first-order valence-electron chi connectivity index (χ1n) is 9.07. The molecule has 2 N–H and O–H groups in total. The molecule has 0 aliphatic rings.